The molecule has 3 rings (SSSR count). The molecular weight excluding hydrogens is 176 g/mol. The number of nitrogens with one attached hydrogen (secondary N) is 1. The van der Waals surface area contributed by atoms with E-state index in [1.54, 1.807) is 0 Å². The van der Waals surface area contributed by atoms with Crippen molar-refractivity contribution in [2.24, 2.45) is 0 Å². The van der Waals surface area contributed by atoms with Crippen LogP contribution in [-0.2, 0) is 6.54 Å². The maximum absolute atomic E-state index is 11.6. The largest absolute Gasteiger partial charge is 0.326 e. The Balaban J connectivity index is 2.53. The van der Waals surface area contributed by atoms with Crippen molar-refractivity contribution in [2.75, 3.05) is 0 Å². The van der Waals surface area contributed by atoms with Crippen LogP contribution in [0.25, 0.3) is 11.0 Å². The Morgan fingerprint density at radius 2 is 2.36 bits per heavy atom. The molecule has 0 aliphatic carbocycles. The van der Waals surface area contributed by atoms with Crippen LogP contribution in [-0.4, -0.2) is 9.55 Å². The predicted octanol–water partition coefficient (Wildman–Crippen LogP) is 1.84. The third-order valence-electron chi connectivity index (χ3n) is 3.14. The highest BCUT2D eigenvalue weighted by Crippen LogP contribution is 2.30. The van der Waals surface area contributed by atoms with Gasteiger partial charge < -0.3 is 4.98 Å². The molecule has 1 aromatic carbocycles. The van der Waals surface area contributed by atoms with Gasteiger partial charge in [0.1, 0.15) is 0 Å². The van der Waals surface area contributed by atoms with Crippen LogP contribution in [0.5, 0.6) is 0 Å². The molecule has 0 unspecified atom stereocenters. The van der Waals surface area contributed by atoms with Gasteiger partial charge in [0.25, 0.3) is 0 Å². The molecule has 0 saturated carbocycles. The van der Waals surface area contributed by atoms with E-state index in [0.717, 1.165) is 24.0 Å². The van der Waals surface area contributed by atoms with E-state index in [0.29, 0.717) is 5.92 Å². The van der Waals surface area contributed by atoms with E-state index in [1.165, 1.54) is 5.56 Å². The lowest BCUT2D eigenvalue weighted by Crippen LogP contribution is -2.21. The fraction of sp³-hybridized carbons (Fsp3) is 0.364. The fourth-order valence-electron chi connectivity index (χ4n) is 2.34. The van der Waals surface area contributed by atoms with E-state index in [-0.39, 0.29) is 5.69 Å². The Kier molecular flexibility index (Phi) is 1.40. The molecule has 72 valence electrons. The van der Waals surface area contributed by atoms with Crippen molar-refractivity contribution in [2.45, 2.75) is 25.8 Å². The first kappa shape index (κ1) is 7.85. The molecule has 1 N–H and O–H groups in total. The third-order valence-corrected chi connectivity index (χ3v) is 3.14. The number of benzene rings is 1. The van der Waals surface area contributed by atoms with Gasteiger partial charge in [-0.1, -0.05) is 19.1 Å². The first-order valence-corrected chi connectivity index (χ1v) is 4.99. The lowest BCUT2D eigenvalue weighted by molar-refractivity contribution is 0.550. The first-order valence-electron chi connectivity index (χ1n) is 4.99. The summed E-state index contributed by atoms with van der Waals surface area (Å²) < 4.78 is 1.85. The van der Waals surface area contributed by atoms with Gasteiger partial charge in [0, 0.05) is 6.54 Å². The molecule has 2 aromatic rings. The number of nitrogens with zero attached hydrogens (tertiary/aromatic N) is 1. The van der Waals surface area contributed by atoms with Gasteiger partial charge in [0.15, 0.2) is 0 Å². The third kappa shape index (κ3) is 0.842. The van der Waals surface area contributed by atoms with Crippen LogP contribution >= 0.6 is 0 Å². The van der Waals surface area contributed by atoms with Crippen LogP contribution in [0.15, 0.2) is 23.0 Å². The van der Waals surface area contributed by atoms with Gasteiger partial charge in [0.2, 0.25) is 0 Å². The fourth-order valence-corrected chi connectivity index (χ4v) is 2.34. The van der Waals surface area contributed by atoms with Gasteiger partial charge in [-0.05, 0) is 24.0 Å². The molecule has 2 heterocycles. The van der Waals surface area contributed by atoms with Gasteiger partial charge in [0.05, 0.1) is 11.0 Å². The van der Waals surface area contributed by atoms with Gasteiger partial charge in [-0.3, -0.25) is 4.57 Å². The van der Waals surface area contributed by atoms with E-state index in [9.17, 15) is 4.79 Å². The van der Waals surface area contributed by atoms with Crippen LogP contribution in [0.1, 0.15) is 24.8 Å². The minimum Gasteiger partial charge on any atom is -0.306 e. The number of aromatic amines is 1. The molecule has 1 atom stereocenters. The molecule has 0 radical (unpaired) electrons. The summed E-state index contributed by atoms with van der Waals surface area (Å²) in [6.07, 6.45) is 1.06. The van der Waals surface area contributed by atoms with Crippen molar-refractivity contribution in [1.82, 2.24) is 9.55 Å². The predicted molar refractivity (Wildman–Crippen MR) is 55.6 cm³/mol. The van der Waals surface area contributed by atoms with E-state index >= 15 is 0 Å². The van der Waals surface area contributed by atoms with Crippen molar-refractivity contribution in [3.63, 3.8) is 0 Å². The summed E-state index contributed by atoms with van der Waals surface area (Å²) in [6, 6.07) is 6.10. The lowest BCUT2D eigenvalue weighted by atomic mass is 9.94. The average Bonchev–Trinajstić information content (AvgIpc) is 2.50. The number of H-pyrrole nitrogens is 1. The smallest absolute Gasteiger partial charge is 0.306 e. The summed E-state index contributed by atoms with van der Waals surface area (Å²) in [4.78, 5) is 14.5. The summed E-state index contributed by atoms with van der Waals surface area (Å²) >= 11 is 0. The zero-order chi connectivity index (χ0) is 9.71. The zero-order valence-electron chi connectivity index (χ0n) is 8.08. The van der Waals surface area contributed by atoms with Crippen molar-refractivity contribution in [1.29, 1.82) is 0 Å². The summed E-state index contributed by atoms with van der Waals surface area (Å²) in [5.74, 6) is 0.564. The van der Waals surface area contributed by atoms with Gasteiger partial charge >= 0.3 is 5.69 Å². The molecule has 0 saturated heterocycles. The zero-order valence-corrected chi connectivity index (χ0v) is 8.08. The normalized spacial score (nSPS) is 20.2. The summed E-state index contributed by atoms with van der Waals surface area (Å²) in [6.45, 7) is 3.06. The highest BCUT2D eigenvalue weighted by Gasteiger charge is 2.19. The highest BCUT2D eigenvalue weighted by molar-refractivity contribution is 5.80. The number of rotatable bonds is 0. The van der Waals surface area contributed by atoms with E-state index in [4.69, 9.17) is 0 Å². The second-order valence-corrected chi connectivity index (χ2v) is 4.01. The lowest BCUT2D eigenvalue weighted by Gasteiger charge is -2.20. The molecule has 3 nitrogen and oxygen atoms in total. The van der Waals surface area contributed by atoms with Gasteiger partial charge in [-0.15, -0.1) is 0 Å². The van der Waals surface area contributed by atoms with E-state index < -0.39 is 0 Å². The summed E-state index contributed by atoms with van der Waals surface area (Å²) in [5.41, 5.74) is 3.40. The molecule has 14 heavy (non-hydrogen) atoms. The minimum absolute atomic E-state index is 0.0272. The Labute approximate surface area is 81.4 Å². The molecule has 3 heteroatoms. The van der Waals surface area contributed by atoms with Crippen LogP contribution in [0.2, 0.25) is 0 Å². The van der Waals surface area contributed by atoms with Crippen LogP contribution in [0.3, 0.4) is 0 Å². The number of aromatic nitrogens is 2. The number of aryl methyl sites for hydroxylation is 1. The summed E-state index contributed by atoms with van der Waals surface area (Å²) in [7, 11) is 0. The Morgan fingerprint density at radius 1 is 1.50 bits per heavy atom. The molecule has 0 spiro atoms. The number of hydrogen-bond donors (Lipinski definition) is 1. The van der Waals surface area contributed by atoms with Gasteiger partial charge in [-0.2, -0.15) is 0 Å². The molecule has 1 aromatic heterocycles. The Morgan fingerprint density at radius 3 is 3.21 bits per heavy atom. The Hall–Kier alpha value is -1.51. The van der Waals surface area contributed by atoms with Crippen LogP contribution < -0.4 is 5.69 Å². The number of hydrogen-bond acceptors (Lipinski definition) is 1. The molecule has 1 aliphatic rings. The quantitative estimate of drug-likeness (QED) is 0.673. The number of imidazole rings is 1. The highest BCUT2D eigenvalue weighted by atomic mass is 16.1. The molecule has 0 fully saturated rings. The monoisotopic (exact) mass is 188 g/mol. The maximum atomic E-state index is 11.6. The Bertz CT molecular complexity index is 550. The molecule has 1 aliphatic heterocycles. The standard InChI is InChI=1S/C11H12N2O/c1-7-5-6-13-10-8(7)3-2-4-9(10)12-11(13)14/h2-4,7H,5-6H2,1H3,(H,12,14)/t7-/m1/s1. The SMILES string of the molecule is C[C@@H]1CCn2c(=O)[nH]c3cccc1c32. The molecular formula is C11H12N2O. The maximum Gasteiger partial charge on any atom is 0.326 e. The topological polar surface area (TPSA) is 37.8 Å². The number of para-hydroxylation sites is 1. The van der Waals surface area contributed by atoms with Crippen molar-refractivity contribution < 1.29 is 0 Å². The van der Waals surface area contributed by atoms with E-state index in [1.807, 2.05) is 16.7 Å². The minimum atomic E-state index is 0.0272. The van der Waals surface area contributed by atoms with Crippen molar-refractivity contribution in [3.05, 3.63) is 34.2 Å². The van der Waals surface area contributed by atoms with Crippen LogP contribution in [0.4, 0.5) is 0 Å². The van der Waals surface area contributed by atoms with Crippen molar-refractivity contribution in [3.8, 4) is 0 Å². The van der Waals surface area contributed by atoms with Crippen molar-refractivity contribution >= 4 is 11.0 Å². The second-order valence-electron chi connectivity index (χ2n) is 4.01. The second kappa shape index (κ2) is 2.50. The van der Waals surface area contributed by atoms with E-state index in [2.05, 4.69) is 18.0 Å². The summed E-state index contributed by atoms with van der Waals surface area (Å²) in [5, 5.41) is 0. The average molecular weight is 188 g/mol. The van der Waals surface area contributed by atoms with Crippen LogP contribution in [0, 0.1) is 0 Å². The molecule has 0 amide bonds. The first-order chi connectivity index (χ1) is 6.77. The van der Waals surface area contributed by atoms with Gasteiger partial charge in [-0.25, -0.2) is 4.79 Å². The molecule has 0 bridgehead atoms.